The van der Waals surface area contributed by atoms with Crippen molar-refractivity contribution in [2.24, 2.45) is 5.92 Å². The number of nitrogens with one attached hydrogen (secondary N) is 1. The molecule has 1 N–H and O–H groups in total. The van der Waals surface area contributed by atoms with Gasteiger partial charge in [0.1, 0.15) is 0 Å². The largest absolute Gasteiger partial charge is 0.384 e. The highest BCUT2D eigenvalue weighted by atomic mass is 16.5. The molecule has 0 bridgehead atoms. The quantitative estimate of drug-likeness (QED) is 0.614. The molecule has 0 aromatic heterocycles. The second-order valence-electron chi connectivity index (χ2n) is 3.39. The van der Waals surface area contributed by atoms with Crippen molar-refractivity contribution < 1.29 is 4.74 Å². The van der Waals surface area contributed by atoms with Crippen molar-refractivity contribution in [3.63, 3.8) is 0 Å². The minimum atomic E-state index is 0.526. The average Bonchev–Trinajstić information content (AvgIpc) is 2.12. The molecule has 0 aromatic rings. The predicted octanol–water partition coefficient (Wildman–Crippen LogP) is 2.21. The molecular weight excluding hydrogens is 162 g/mol. The van der Waals surface area contributed by atoms with Crippen LogP contribution in [0.1, 0.15) is 27.2 Å². The fraction of sp³-hybridized carbons (Fsp3) is 0.818. The summed E-state index contributed by atoms with van der Waals surface area (Å²) in [5.74, 6) is 0.526. The number of hydrogen-bond donors (Lipinski definition) is 1. The summed E-state index contributed by atoms with van der Waals surface area (Å²) in [7, 11) is 1.75. The summed E-state index contributed by atoms with van der Waals surface area (Å²) in [5, 5.41) is 3.34. The molecule has 0 heterocycles. The number of likely N-dealkylation sites (N-methyl/N-ethyl adjacent to an activating group) is 1. The topological polar surface area (TPSA) is 21.3 Å². The molecule has 0 rings (SSSR count). The molecule has 0 amide bonds. The summed E-state index contributed by atoms with van der Waals surface area (Å²) in [5.41, 5.74) is 1.48. The summed E-state index contributed by atoms with van der Waals surface area (Å²) < 4.78 is 5.09. The van der Waals surface area contributed by atoms with E-state index in [0.717, 1.165) is 26.1 Å². The normalized spacial score (nSPS) is 14.6. The van der Waals surface area contributed by atoms with Crippen molar-refractivity contribution in [1.29, 1.82) is 0 Å². The van der Waals surface area contributed by atoms with Gasteiger partial charge in [-0.3, -0.25) is 0 Å². The Hall–Kier alpha value is -0.340. The molecular formula is C11H23NO. The van der Waals surface area contributed by atoms with E-state index in [0.29, 0.717) is 5.92 Å². The van der Waals surface area contributed by atoms with Crippen LogP contribution in [0.25, 0.3) is 0 Å². The van der Waals surface area contributed by atoms with E-state index in [4.69, 9.17) is 4.74 Å². The van der Waals surface area contributed by atoms with Crippen LogP contribution < -0.4 is 5.32 Å². The van der Waals surface area contributed by atoms with Gasteiger partial charge in [-0.15, -0.1) is 0 Å². The first kappa shape index (κ1) is 12.7. The molecule has 0 aliphatic rings. The van der Waals surface area contributed by atoms with Crippen molar-refractivity contribution >= 4 is 0 Å². The Balaban J connectivity index is 3.88. The SMILES string of the molecule is CCNCC(=CC(C)COC)CC. The number of hydrogen-bond acceptors (Lipinski definition) is 2. The van der Waals surface area contributed by atoms with Gasteiger partial charge in [0.05, 0.1) is 6.61 Å². The maximum absolute atomic E-state index is 5.09. The molecule has 2 heteroatoms. The lowest BCUT2D eigenvalue weighted by Crippen LogP contribution is -2.16. The molecule has 0 saturated carbocycles. The van der Waals surface area contributed by atoms with Crippen molar-refractivity contribution in [2.45, 2.75) is 27.2 Å². The zero-order valence-corrected chi connectivity index (χ0v) is 9.39. The molecule has 0 fully saturated rings. The Labute approximate surface area is 82.4 Å². The summed E-state index contributed by atoms with van der Waals surface area (Å²) in [6, 6.07) is 0. The Bertz CT molecular complexity index is 143. The van der Waals surface area contributed by atoms with Gasteiger partial charge in [0.15, 0.2) is 0 Å². The van der Waals surface area contributed by atoms with E-state index in [9.17, 15) is 0 Å². The Morgan fingerprint density at radius 3 is 2.62 bits per heavy atom. The number of methoxy groups -OCH3 is 1. The van der Waals surface area contributed by atoms with Crippen molar-refractivity contribution in [1.82, 2.24) is 5.32 Å². The van der Waals surface area contributed by atoms with Crippen LogP contribution in [0.2, 0.25) is 0 Å². The Morgan fingerprint density at radius 1 is 1.46 bits per heavy atom. The van der Waals surface area contributed by atoms with Gasteiger partial charge in [0.2, 0.25) is 0 Å². The molecule has 13 heavy (non-hydrogen) atoms. The highest BCUT2D eigenvalue weighted by molar-refractivity contribution is 5.05. The first-order valence-corrected chi connectivity index (χ1v) is 5.13. The molecule has 0 aliphatic carbocycles. The van der Waals surface area contributed by atoms with Gasteiger partial charge in [-0.05, 0) is 18.9 Å². The van der Waals surface area contributed by atoms with E-state index in [2.05, 4.69) is 32.2 Å². The van der Waals surface area contributed by atoms with Crippen molar-refractivity contribution in [2.75, 3.05) is 26.8 Å². The lowest BCUT2D eigenvalue weighted by Gasteiger charge is -2.09. The van der Waals surface area contributed by atoms with Crippen LogP contribution in [-0.4, -0.2) is 26.8 Å². The summed E-state index contributed by atoms with van der Waals surface area (Å²) in [4.78, 5) is 0. The summed E-state index contributed by atoms with van der Waals surface area (Å²) >= 11 is 0. The van der Waals surface area contributed by atoms with Crippen LogP contribution >= 0.6 is 0 Å². The zero-order valence-electron chi connectivity index (χ0n) is 9.39. The Morgan fingerprint density at radius 2 is 2.15 bits per heavy atom. The number of ether oxygens (including phenoxy) is 1. The van der Waals surface area contributed by atoms with Gasteiger partial charge in [-0.1, -0.05) is 32.4 Å². The van der Waals surface area contributed by atoms with E-state index in [1.807, 2.05) is 0 Å². The zero-order chi connectivity index (χ0) is 10.1. The molecule has 78 valence electrons. The van der Waals surface area contributed by atoms with Crippen molar-refractivity contribution in [3.8, 4) is 0 Å². The third-order valence-corrected chi connectivity index (χ3v) is 2.01. The van der Waals surface area contributed by atoms with Gasteiger partial charge in [-0.25, -0.2) is 0 Å². The number of rotatable bonds is 7. The monoisotopic (exact) mass is 185 g/mol. The van der Waals surface area contributed by atoms with E-state index in [1.165, 1.54) is 5.57 Å². The van der Waals surface area contributed by atoms with Crippen LogP contribution in [0.4, 0.5) is 0 Å². The van der Waals surface area contributed by atoms with Crippen LogP contribution in [0.5, 0.6) is 0 Å². The molecule has 1 atom stereocenters. The van der Waals surface area contributed by atoms with Crippen LogP contribution in [0, 0.1) is 5.92 Å². The lowest BCUT2D eigenvalue weighted by atomic mass is 10.1. The van der Waals surface area contributed by atoms with Gasteiger partial charge >= 0.3 is 0 Å². The van der Waals surface area contributed by atoms with Crippen LogP contribution in [-0.2, 0) is 4.74 Å². The maximum atomic E-state index is 5.09. The third kappa shape index (κ3) is 6.79. The minimum absolute atomic E-state index is 0.526. The molecule has 0 aromatic carbocycles. The highest BCUT2D eigenvalue weighted by Crippen LogP contribution is 2.06. The fourth-order valence-electron chi connectivity index (χ4n) is 1.30. The first-order valence-electron chi connectivity index (χ1n) is 5.13. The van der Waals surface area contributed by atoms with Crippen LogP contribution in [0.3, 0.4) is 0 Å². The second-order valence-corrected chi connectivity index (χ2v) is 3.39. The first-order chi connectivity index (χ1) is 6.24. The van der Waals surface area contributed by atoms with Gasteiger partial charge in [-0.2, -0.15) is 0 Å². The molecule has 0 spiro atoms. The van der Waals surface area contributed by atoms with Gasteiger partial charge < -0.3 is 10.1 Å². The standard InChI is InChI=1S/C11H23NO/c1-5-11(8-12-6-2)7-10(3)9-13-4/h7,10,12H,5-6,8-9H2,1-4H3. The summed E-state index contributed by atoms with van der Waals surface area (Å²) in [6.07, 6.45) is 3.44. The van der Waals surface area contributed by atoms with Crippen LogP contribution in [0.15, 0.2) is 11.6 Å². The molecule has 0 aliphatic heterocycles. The predicted molar refractivity (Wildman–Crippen MR) is 58.0 cm³/mol. The molecule has 2 nitrogen and oxygen atoms in total. The van der Waals surface area contributed by atoms with Gasteiger partial charge in [0.25, 0.3) is 0 Å². The summed E-state index contributed by atoms with van der Waals surface area (Å²) in [6.45, 7) is 9.38. The average molecular weight is 185 g/mol. The van der Waals surface area contributed by atoms with Gasteiger partial charge in [0, 0.05) is 13.7 Å². The second kappa shape index (κ2) is 8.27. The molecule has 0 saturated heterocycles. The Kier molecular flexibility index (Phi) is 8.05. The maximum Gasteiger partial charge on any atom is 0.0522 e. The highest BCUT2D eigenvalue weighted by Gasteiger charge is 1.99. The van der Waals surface area contributed by atoms with E-state index in [1.54, 1.807) is 7.11 Å². The minimum Gasteiger partial charge on any atom is -0.384 e. The lowest BCUT2D eigenvalue weighted by molar-refractivity contribution is 0.175. The smallest absolute Gasteiger partial charge is 0.0522 e. The fourth-order valence-corrected chi connectivity index (χ4v) is 1.30. The molecule has 0 radical (unpaired) electrons. The van der Waals surface area contributed by atoms with E-state index in [-0.39, 0.29) is 0 Å². The third-order valence-electron chi connectivity index (χ3n) is 2.01. The van der Waals surface area contributed by atoms with Crippen molar-refractivity contribution in [3.05, 3.63) is 11.6 Å². The van der Waals surface area contributed by atoms with E-state index < -0.39 is 0 Å². The van der Waals surface area contributed by atoms with E-state index >= 15 is 0 Å². The molecule has 1 unspecified atom stereocenters.